The van der Waals surface area contributed by atoms with Crippen molar-refractivity contribution in [2.45, 2.75) is 30.9 Å². The van der Waals surface area contributed by atoms with Gasteiger partial charge in [0.2, 0.25) is 0 Å². The molecule has 29 heavy (non-hydrogen) atoms. The summed E-state index contributed by atoms with van der Waals surface area (Å²) in [6.07, 6.45) is 0.440. The van der Waals surface area contributed by atoms with Crippen LogP contribution in [0.3, 0.4) is 0 Å². The van der Waals surface area contributed by atoms with Gasteiger partial charge in [-0.2, -0.15) is 0 Å². The number of carbonyl (C=O) groups excluding carboxylic acids is 1. The number of aliphatic hydroxyl groups is 1. The minimum absolute atomic E-state index is 0.211. The number of carbonyl (C=O) groups is 1. The third-order valence-electron chi connectivity index (χ3n) is 7.07. The van der Waals surface area contributed by atoms with Crippen LogP contribution in [0.2, 0.25) is 0 Å². The lowest BCUT2D eigenvalue weighted by atomic mass is 9.90. The van der Waals surface area contributed by atoms with E-state index in [1.165, 1.54) is 0 Å². The number of ether oxygens (including phenoxy) is 1. The fourth-order valence-corrected chi connectivity index (χ4v) is 5.69. The van der Waals surface area contributed by atoms with Crippen molar-refractivity contribution in [3.63, 3.8) is 0 Å². The molecule has 1 saturated heterocycles. The highest BCUT2D eigenvalue weighted by Crippen LogP contribution is 2.55. The first-order chi connectivity index (χ1) is 14.1. The van der Waals surface area contributed by atoms with Crippen molar-refractivity contribution in [1.29, 1.82) is 0 Å². The number of nitrogens with zero attached hydrogens (tertiary/aromatic N) is 2. The Balaban J connectivity index is 1.86. The quantitative estimate of drug-likeness (QED) is 0.436. The Morgan fingerprint density at radius 1 is 0.931 bits per heavy atom. The van der Waals surface area contributed by atoms with E-state index >= 15 is 0 Å². The van der Waals surface area contributed by atoms with Crippen molar-refractivity contribution in [3.05, 3.63) is 60.7 Å². The molecule has 0 amide bonds. The second-order valence-electron chi connectivity index (χ2n) is 8.40. The van der Waals surface area contributed by atoms with E-state index in [0.717, 1.165) is 43.6 Å². The number of aldehydes is 1. The highest BCUT2D eigenvalue weighted by atomic mass is 16.6. The molecule has 0 saturated carbocycles. The van der Waals surface area contributed by atoms with Gasteiger partial charge in [-0.05, 0) is 19.1 Å². The zero-order valence-electron chi connectivity index (χ0n) is 15.8. The van der Waals surface area contributed by atoms with Crippen LogP contribution in [-0.4, -0.2) is 26.1 Å². The Morgan fingerprint density at radius 2 is 1.55 bits per heavy atom. The number of hydrogen-bond donors (Lipinski definition) is 1. The largest absolute Gasteiger partial charge is 0.377 e. The summed E-state index contributed by atoms with van der Waals surface area (Å²) in [5.74, 6) is 0. The van der Waals surface area contributed by atoms with Crippen LogP contribution in [0.25, 0.3) is 43.6 Å². The molecule has 3 aromatic carbocycles. The normalized spacial score (nSPS) is 28.1. The molecule has 0 unspecified atom stereocenters. The molecule has 2 aliphatic heterocycles. The number of rotatable bonds is 1. The first-order valence-corrected chi connectivity index (χ1v) is 9.89. The van der Waals surface area contributed by atoms with Gasteiger partial charge in [0, 0.05) is 28.0 Å². The zero-order chi connectivity index (χ0) is 19.5. The minimum Gasteiger partial charge on any atom is -0.377 e. The summed E-state index contributed by atoms with van der Waals surface area (Å²) in [5.41, 5.74) is 1.28. The summed E-state index contributed by atoms with van der Waals surface area (Å²) in [4.78, 5) is 12.2. The number of para-hydroxylation sites is 2. The minimum atomic E-state index is -1.63. The van der Waals surface area contributed by atoms with E-state index in [1.807, 2.05) is 37.3 Å². The Bertz CT molecular complexity index is 1530. The molecule has 5 aromatic rings. The van der Waals surface area contributed by atoms with Gasteiger partial charge in [-0.15, -0.1) is 0 Å². The third kappa shape index (κ3) is 1.54. The third-order valence-corrected chi connectivity index (χ3v) is 7.07. The molecular weight excluding hydrogens is 364 g/mol. The first kappa shape index (κ1) is 15.7. The lowest BCUT2D eigenvalue weighted by Crippen LogP contribution is -2.51. The van der Waals surface area contributed by atoms with Crippen LogP contribution in [-0.2, 0) is 15.3 Å². The standard InChI is InChI=1S/C24H18N2O3/c1-23-24(28,13-27)12-20(29-23)25-18-8-4-2-6-14(18)16-10-11-17-15-7-3-5-9-19(15)26(23)22(17)21(16)25/h2-11,13,20,28H,12H2,1H3/t20-,23+,24+/m0/s1. The van der Waals surface area contributed by atoms with Gasteiger partial charge >= 0.3 is 0 Å². The monoisotopic (exact) mass is 382 g/mol. The summed E-state index contributed by atoms with van der Waals surface area (Å²) >= 11 is 0. The molecule has 4 heterocycles. The zero-order valence-corrected chi connectivity index (χ0v) is 15.8. The summed E-state index contributed by atoms with van der Waals surface area (Å²) in [7, 11) is 0. The van der Waals surface area contributed by atoms with Crippen molar-refractivity contribution in [2.24, 2.45) is 0 Å². The average molecular weight is 382 g/mol. The van der Waals surface area contributed by atoms with Crippen LogP contribution < -0.4 is 0 Å². The molecule has 142 valence electrons. The number of aromatic nitrogens is 2. The number of fused-ring (bicyclic) bond motifs is 10. The molecule has 2 aliphatic rings. The van der Waals surface area contributed by atoms with Gasteiger partial charge in [0.15, 0.2) is 17.6 Å². The van der Waals surface area contributed by atoms with E-state index in [1.54, 1.807) is 0 Å². The fourth-order valence-electron chi connectivity index (χ4n) is 5.69. The van der Waals surface area contributed by atoms with Crippen molar-refractivity contribution in [2.75, 3.05) is 0 Å². The molecule has 0 aliphatic carbocycles. The first-order valence-electron chi connectivity index (χ1n) is 9.89. The summed E-state index contributed by atoms with van der Waals surface area (Å²) in [6.45, 7) is 1.83. The van der Waals surface area contributed by atoms with Crippen LogP contribution >= 0.6 is 0 Å². The van der Waals surface area contributed by atoms with Gasteiger partial charge in [-0.1, -0.05) is 48.5 Å². The molecule has 1 fully saturated rings. The van der Waals surface area contributed by atoms with E-state index in [4.69, 9.17) is 4.74 Å². The Kier molecular flexibility index (Phi) is 2.55. The predicted octanol–water partition coefficient (Wildman–Crippen LogP) is 4.44. The van der Waals surface area contributed by atoms with Crippen LogP contribution in [0.4, 0.5) is 0 Å². The maximum Gasteiger partial charge on any atom is 0.181 e. The Morgan fingerprint density at radius 3 is 2.28 bits per heavy atom. The van der Waals surface area contributed by atoms with Crippen molar-refractivity contribution >= 4 is 49.9 Å². The van der Waals surface area contributed by atoms with E-state index in [2.05, 4.69) is 39.5 Å². The smallest absolute Gasteiger partial charge is 0.181 e. The average Bonchev–Trinajstić information content (AvgIpc) is 3.31. The lowest BCUT2D eigenvalue weighted by molar-refractivity contribution is -0.176. The van der Waals surface area contributed by atoms with Crippen molar-refractivity contribution in [3.8, 4) is 0 Å². The highest BCUT2D eigenvalue weighted by Gasteiger charge is 2.60. The van der Waals surface area contributed by atoms with Crippen LogP contribution in [0.1, 0.15) is 19.6 Å². The topological polar surface area (TPSA) is 56.4 Å². The molecule has 0 spiro atoms. The predicted molar refractivity (Wildman–Crippen MR) is 112 cm³/mol. The Hall–Kier alpha value is -3.15. The second-order valence-corrected chi connectivity index (χ2v) is 8.40. The summed E-state index contributed by atoms with van der Waals surface area (Å²) < 4.78 is 10.8. The van der Waals surface area contributed by atoms with Gasteiger partial charge in [-0.25, -0.2) is 0 Å². The van der Waals surface area contributed by atoms with Gasteiger partial charge < -0.3 is 19.0 Å². The maximum absolute atomic E-state index is 12.2. The molecule has 5 heteroatoms. The number of benzene rings is 3. The van der Waals surface area contributed by atoms with Gasteiger partial charge in [0.1, 0.15) is 6.23 Å². The Labute approximate surface area is 165 Å². The van der Waals surface area contributed by atoms with Gasteiger partial charge in [0.25, 0.3) is 0 Å². The van der Waals surface area contributed by atoms with E-state index < -0.39 is 17.6 Å². The molecule has 2 aromatic heterocycles. The molecule has 7 rings (SSSR count). The van der Waals surface area contributed by atoms with E-state index in [9.17, 15) is 9.90 Å². The van der Waals surface area contributed by atoms with E-state index in [0.29, 0.717) is 6.29 Å². The van der Waals surface area contributed by atoms with Gasteiger partial charge in [0.05, 0.1) is 22.1 Å². The number of hydrogen-bond acceptors (Lipinski definition) is 3. The highest BCUT2D eigenvalue weighted by molar-refractivity contribution is 6.23. The molecular formula is C24H18N2O3. The molecule has 2 bridgehead atoms. The molecule has 0 radical (unpaired) electrons. The summed E-state index contributed by atoms with van der Waals surface area (Å²) in [6, 6.07) is 20.7. The SMILES string of the molecule is C[C@@]12O[C@@H](C[C@@]1(O)C=O)n1c3ccccc3c3ccc4c5ccccc5n2c4c31. The van der Waals surface area contributed by atoms with Crippen LogP contribution in [0.5, 0.6) is 0 Å². The van der Waals surface area contributed by atoms with Gasteiger partial charge in [-0.3, -0.25) is 4.79 Å². The van der Waals surface area contributed by atoms with Crippen LogP contribution in [0, 0.1) is 0 Å². The summed E-state index contributed by atoms with van der Waals surface area (Å²) in [5, 5.41) is 15.9. The van der Waals surface area contributed by atoms with Crippen molar-refractivity contribution in [1.82, 2.24) is 9.13 Å². The molecule has 3 atom stereocenters. The van der Waals surface area contributed by atoms with E-state index in [-0.39, 0.29) is 6.42 Å². The van der Waals surface area contributed by atoms with Crippen molar-refractivity contribution < 1.29 is 14.6 Å². The second kappa shape index (κ2) is 4.70. The van der Waals surface area contributed by atoms with Crippen LogP contribution in [0.15, 0.2) is 60.7 Å². The fraction of sp³-hybridized carbons (Fsp3) is 0.208. The molecule has 5 nitrogen and oxygen atoms in total. The lowest BCUT2D eigenvalue weighted by Gasteiger charge is -2.36. The maximum atomic E-state index is 12.2. The molecule has 1 N–H and O–H groups in total.